The van der Waals surface area contributed by atoms with Gasteiger partial charge in [0.2, 0.25) is 5.88 Å². The van der Waals surface area contributed by atoms with Crippen LogP contribution >= 0.6 is 0 Å². The SMILES string of the molecule is CO/N=C/c1ccc(COc2cccc(C3CCN(C(=O)OC(C)(C)C)CC3)n2)c(F)c1. The normalized spacial score (nSPS) is 15.1. The lowest BCUT2D eigenvalue weighted by atomic mass is 9.93. The van der Waals surface area contributed by atoms with Gasteiger partial charge < -0.3 is 19.2 Å². The minimum absolute atomic E-state index is 0.0705. The highest BCUT2D eigenvalue weighted by molar-refractivity contribution is 5.79. The number of likely N-dealkylation sites (tertiary alicyclic amines) is 1. The maximum atomic E-state index is 14.3. The molecule has 7 nitrogen and oxygen atoms in total. The molecule has 1 aromatic carbocycles. The quantitative estimate of drug-likeness (QED) is 0.469. The first-order valence-electron chi connectivity index (χ1n) is 10.7. The highest BCUT2D eigenvalue weighted by Gasteiger charge is 2.28. The molecule has 2 heterocycles. The molecule has 0 atom stereocenters. The summed E-state index contributed by atoms with van der Waals surface area (Å²) < 4.78 is 25.5. The fourth-order valence-corrected chi connectivity index (χ4v) is 3.45. The van der Waals surface area contributed by atoms with Gasteiger partial charge in [-0.1, -0.05) is 23.4 Å². The summed E-state index contributed by atoms with van der Waals surface area (Å²) in [5.41, 5.74) is 1.44. The zero-order valence-corrected chi connectivity index (χ0v) is 19.0. The minimum atomic E-state index is -0.502. The van der Waals surface area contributed by atoms with Crippen molar-refractivity contribution in [1.29, 1.82) is 0 Å². The summed E-state index contributed by atoms with van der Waals surface area (Å²) in [6.45, 7) is 6.91. The molecule has 1 fully saturated rings. The van der Waals surface area contributed by atoms with Gasteiger partial charge in [-0.2, -0.15) is 0 Å². The van der Waals surface area contributed by atoms with Crippen LogP contribution in [0.1, 0.15) is 56.4 Å². The molecule has 1 aliphatic rings. The first-order chi connectivity index (χ1) is 15.2. The summed E-state index contributed by atoms with van der Waals surface area (Å²) >= 11 is 0. The Kier molecular flexibility index (Phi) is 7.66. The lowest BCUT2D eigenvalue weighted by molar-refractivity contribution is 0.0204. The number of amides is 1. The third-order valence-corrected chi connectivity index (χ3v) is 5.07. The summed E-state index contributed by atoms with van der Waals surface area (Å²) in [4.78, 5) is 23.2. The lowest BCUT2D eigenvalue weighted by Crippen LogP contribution is -2.41. The number of hydrogen-bond donors (Lipinski definition) is 0. The number of benzene rings is 1. The Morgan fingerprint density at radius 1 is 1.25 bits per heavy atom. The average molecular weight is 444 g/mol. The molecular formula is C24H30FN3O4. The highest BCUT2D eigenvalue weighted by atomic mass is 19.1. The van der Waals surface area contributed by atoms with Crippen molar-refractivity contribution in [3.8, 4) is 5.88 Å². The van der Waals surface area contributed by atoms with E-state index >= 15 is 0 Å². The van der Waals surface area contributed by atoms with Crippen molar-refractivity contribution in [3.05, 3.63) is 59.0 Å². The summed E-state index contributed by atoms with van der Waals surface area (Å²) in [7, 11) is 1.43. The Bertz CT molecular complexity index is 951. The Morgan fingerprint density at radius 3 is 2.66 bits per heavy atom. The number of carbonyl (C=O) groups excluding carboxylic acids is 1. The summed E-state index contributed by atoms with van der Waals surface area (Å²) in [6, 6.07) is 10.4. The average Bonchev–Trinajstić information content (AvgIpc) is 2.76. The molecule has 1 aromatic heterocycles. The fraction of sp³-hybridized carbons (Fsp3) is 0.458. The minimum Gasteiger partial charge on any atom is -0.473 e. The van der Waals surface area contributed by atoms with E-state index in [9.17, 15) is 9.18 Å². The second kappa shape index (κ2) is 10.4. The Labute approximate surface area is 188 Å². The predicted molar refractivity (Wildman–Crippen MR) is 119 cm³/mol. The van der Waals surface area contributed by atoms with Crippen LogP contribution in [0.5, 0.6) is 5.88 Å². The van der Waals surface area contributed by atoms with Crippen molar-refractivity contribution in [3.63, 3.8) is 0 Å². The van der Waals surface area contributed by atoms with Crippen LogP contribution in [0, 0.1) is 5.82 Å². The molecule has 8 heteroatoms. The predicted octanol–water partition coefficient (Wildman–Crippen LogP) is 4.89. The molecular weight excluding hydrogens is 413 g/mol. The van der Waals surface area contributed by atoms with E-state index in [1.165, 1.54) is 19.4 Å². The number of hydrogen-bond acceptors (Lipinski definition) is 6. The van der Waals surface area contributed by atoms with Crippen LogP contribution in [0.3, 0.4) is 0 Å². The number of aromatic nitrogens is 1. The zero-order valence-electron chi connectivity index (χ0n) is 19.0. The number of piperidine rings is 1. The maximum absolute atomic E-state index is 14.3. The van der Waals surface area contributed by atoms with Crippen LogP contribution in [0.25, 0.3) is 0 Å². The van der Waals surface area contributed by atoms with Crippen LogP contribution in [-0.4, -0.2) is 48.0 Å². The van der Waals surface area contributed by atoms with Gasteiger partial charge >= 0.3 is 6.09 Å². The molecule has 1 aliphatic heterocycles. The molecule has 0 unspecified atom stereocenters. The molecule has 0 radical (unpaired) electrons. The van der Waals surface area contributed by atoms with Crippen LogP contribution < -0.4 is 4.74 Å². The van der Waals surface area contributed by atoms with E-state index < -0.39 is 5.60 Å². The molecule has 172 valence electrons. The van der Waals surface area contributed by atoms with Gasteiger partial charge in [0.1, 0.15) is 25.1 Å². The van der Waals surface area contributed by atoms with Crippen molar-refractivity contribution >= 4 is 12.3 Å². The number of rotatable bonds is 6. The van der Waals surface area contributed by atoms with Crippen LogP contribution in [0.4, 0.5) is 9.18 Å². The van der Waals surface area contributed by atoms with Gasteiger partial charge in [0.25, 0.3) is 0 Å². The summed E-state index contributed by atoms with van der Waals surface area (Å²) in [5, 5.41) is 3.63. The van der Waals surface area contributed by atoms with Crippen LogP contribution in [0.15, 0.2) is 41.6 Å². The van der Waals surface area contributed by atoms with Gasteiger partial charge in [-0.3, -0.25) is 0 Å². The van der Waals surface area contributed by atoms with Crippen molar-refractivity contribution in [1.82, 2.24) is 9.88 Å². The summed E-state index contributed by atoms with van der Waals surface area (Å²) in [5.74, 6) is 0.297. The van der Waals surface area contributed by atoms with Gasteiger partial charge in [0.15, 0.2) is 0 Å². The number of ether oxygens (including phenoxy) is 2. The van der Waals surface area contributed by atoms with E-state index in [1.807, 2.05) is 32.9 Å². The lowest BCUT2D eigenvalue weighted by Gasteiger charge is -2.33. The molecule has 0 N–H and O–H groups in total. The van der Waals surface area contributed by atoms with E-state index in [4.69, 9.17) is 9.47 Å². The maximum Gasteiger partial charge on any atom is 0.410 e. The fourth-order valence-electron chi connectivity index (χ4n) is 3.45. The van der Waals surface area contributed by atoms with Crippen molar-refractivity contribution < 1.29 is 23.5 Å². The molecule has 0 bridgehead atoms. The third kappa shape index (κ3) is 6.67. The zero-order chi connectivity index (χ0) is 23.1. The Hall–Kier alpha value is -3.16. The van der Waals surface area contributed by atoms with E-state index in [0.717, 1.165) is 18.5 Å². The van der Waals surface area contributed by atoms with Gasteiger partial charge in [0, 0.05) is 36.3 Å². The topological polar surface area (TPSA) is 73.2 Å². The number of nitrogens with zero attached hydrogens (tertiary/aromatic N) is 3. The molecule has 32 heavy (non-hydrogen) atoms. The molecule has 1 saturated heterocycles. The summed E-state index contributed by atoms with van der Waals surface area (Å²) in [6.07, 6.45) is 2.76. The van der Waals surface area contributed by atoms with Crippen molar-refractivity contribution in [2.24, 2.45) is 5.16 Å². The van der Waals surface area contributed by atoms with Gasteiger partial charge in [-0.25, -0.2) is 14.2 Å². The second-order valence-electron chi connectivity index (χ2n) is 8.70. The van der Waals surface area contributed by atoms with Gasteiger partial charge in [0.05, 0.1) is 6.21 Å². The molecule has 1 amide bonds. The van der Waals surface area contributed by atoms with Crippen molar-refractivity contribution in [2.75, 3.05) is 20.2 Å². The molecule has 0 spiro atoms. The van der Waals surface area contributed by atoms with E-state index in [0.29, 0.717) is 30.1 Å². The van der Waals surface area contributed by atoms with E-state index in [1.54, 1.807) is 23.1 Å². The monoisotopic (exact) mass is 443 g/mol. The van der Waals surface area contributed by atoms with Gasteiger partial charge in [-0.05, 0) is 51.3 Å². The smallest absolute Gasteiger partial charge is 0.410 e. The number of halogens is 1. The third-order valence-electron chi connectivity index (χ3n) is 5.07. The van der Waals surface area contributed by atoms with E-state index in [2.05, 4.69) is 15.0 Å². The highest BCUT2D eigenvalue weighted by Crippen LogP contribution is 2.29. The number of pyridine rings is 1. The first-order valence-corrected chi connectivity index (χ1v) is 10.7. The number of carbonyl (C=O) groups is 1. The number of oxime groups is 1. The second-order valence-corrected chi connectivity index (χ2v) is 8.70. The standard InChI is InChI=1S/C24H30FN3O4/c1-24(2,3)32-23(29)28-12-10-18(11-13-28)21-6-5-7-22(27-21)31-16-19-9-8-17(14-20(19)25)15-26-30-4/h5-9,14-15,18H,10-13,16H2,1-4H3/b26-15+. The first kappa shape index (κ1) is 23.5. The Balaban J connectivity index is 1.56. The van der Waals surface area contributed by atoms with Gasteiger partial charge in [-0.15, -0.1) is 0 Å². The molecule has 0 aliphatic carbocycles. The van der Waals surface area contributed by atoms with E-state index in [-0.39, 0.29) is 24.4 Å². The molecule has 2 aromatic rings. The molecule has 0 saturated carbocycles. The Morgan fingerprint density at radius 2 is 2.00 bits per heavy atom. The van der Waals surface area contributed by atoms with Crippen LogP contribution in [-0.2, 0) is 16.2 Å². The van der Waals surface area contributed by atoms with Crippen LogP contribution in [0.2, 0.25) is 0 Å². The largest absolute Gasteiger partial charge is 0.473 e. The molecule has 3 rings (SSSR count). The van der Waals surface area contributed by atoms with Crippen molar-refractivity contribution in [2.45, 2.75) is 51.7 Å².